The van der Waals surface area contributed by atoms with Gasteiger partial charge in [0, 0.05) is 6.04 Å². The molecule has 0 aliphatic heterocycles. The molecule has 110 valence electrons. The van der Waals surface area contributed by atoms with Crippen LogP contribution >= 0.6 is 0 Å². The Morgan fingerprint density at radius 2 is 2.00 bits per heavy atom. The van der Waals surface area contributed by atoms with Crippen molar-refractivity contribution in [1.82, 2.24) is 10.3 Å². The van der Waals surface area contributed by atoms with E-state index < -0.39 is 17.3 Å². The second-order valence-electron chi connectivity index (χ2n) is 5.62. The van der Waals surface area contributed by atoms with Gasteiger partial charge in [-0.1, -0.05) is 25.7 Å². The largest absolute Gasteiger partial charge is 0.480 e. The van der Waals surface area contributed by atoms with Gasteiger partial charge in [0.2, 0.25) is 0 Å². The molecule has 0 aromatic carbocycles. The molecule has 1 atom stereocenters. The van der Waals surface area contributed by atoms with Gasteiger partial charge in [0.1, 0.15) is 5.82 Å². The highest BCUT2D eigenvalue weighted by atomic mass is 19.1. The summed E-state index contributed by atoms with van der Waals surface area (Å²) < 4.78 is 13.0. The van der Waals surface area contributed by atoms with Crippen LogP contribution in [-0.2, 0) is 10.3 Å². The molecule has 4 nitrogen and oxygen atoms in total. The third-order valence-electron chi connectivity index (χ3n) is 4.02. The number of carboxylic acids is 1. The summed E-state index contributed by atoms with van der Waals surface area (Å²) in [7, 11) is 0. The smallest absolute Gasteiger partial charge is 0.329 e. The summed E-state index contributed by atoms with van der Waals surface area (Å²) in [5.74, 6) is -1.45. The first-order valence-electron chi connectivity index (χ1n) is 7.15. The summed E-state index contributed by atoms with van der Waals surface area (Å²) in [5, 5.41) is 12.8. The molecule has 1 aliphatic rings. The quantitative estimate of drug-likeness (QED) is 0.833. The average molecular weight is 280 g/mol. The average Bonchev–Trinajstić information content (AvgIpc) is 2.67. The van der Waals surface area contributed by atoms with Gasteiger partial charge in [-0.25, -0.2) is 9.18 Å². The van der Waals surface area contributed by atoms with Crippen molar-refractivity contribution in [1.29, 1.82) is 0 Å². The maximum atomic E-state index is 13.0. The SMILES string of the molecule is CC(NC1CCCCCC1)(C(=O)O)c1ccc(F)cn1. The number of aromatic nitrogens is 1. The zero-order valence-corrected chi connectivity index (χ0v) is 11.7. The molecule has 0 radical (unpaired) electrons. The highest BCUT2D eigenvalue weighted by Gasteiger charge is 2.38. The number of nitrogens with zero attached hydrogens (tertiary/aromatic N) is 1. The molecule has 0 saturated heterocycles. The van der Waals surface area contributed by atoms with Crippen LogP contribution in [0.4, 0.5) is 4.39 Å². The van der Waals surface area contributed by atoms with E-state index in [1.54, 1.807) is 6.92 Å². The van der Waals surface area contributed by atoms with Crippen LogP contribution in [0.1, 0.15) is 51.1 Å². The molecule has 0 amide bonds. The fourth-order valence-electron chi connectivity index (χ4n) is 2.75. The number of hydrogen-bond donors (Lipinski definition) is 2. The van der Waals surface area contributed by atoms with E-state index in [0.717, 1.165) is 31.9 Å². The molecule has 1 aromatic rings. The van der Waals surface area contributed by atoms with Crippen molar-refractivity contribution in [2.75, 3.05) is 0 Å². The van der Waals surface area contributed by atoms with Crippen molar-refractivity contribution in [3.63, 3.8) is 0 Å². The summed E-state index contributed by atoms with van der Waals surface area (Å²) in [5.41, 5.74) is -0.932. The van der Waals surface area contributed by atoms with Crippen molar-refractivity contribution >= 4 is 5.97 Å². The zero-order valence-electron chi connectivity index (χ0n) is 11.7. The number of halogens is 1. The third-order valence-corrected chi connectivity index (χ3v) is 4.02. The molecule has 5 heteroatoms. The first-order valence-corrected chi connectivity index (χ1v) is 7.15. The standard InChI is InChI=1S/C15H21FN2O2/c1-15(14(19)20,13-9-8-11(16)10-17-13)18-12-6-4-2-3-5-7-12/h8-10,12,18H,2-7H2,1H3,(H,19,20). The lowest BCUT2D eigenvalue weighted by atomic mass is 9.94. The lowest BCUT2D eigenvalue weighted by Crippen LogP contribution is -2.51. The maximum Gasteiger partial charge on any atom is 0.329 e. The molecule has 2 rings (SSSR count). The van der Waals surface area contributed by atoms with Crippen LogP contribution in [0.3, 0.4) is 0 Å². The molecule has 0 bridgehead atoms. The Morgan fingerprint density at radius 1 is 1.35 bits per heavy atom. The Hall–Kier alpha value is -1.49. The summed E-state index contributed by atoms with van der Waals surface area (Å²) >= 11 is 0. The summed E-state index contributed by atoms with van der Waals surface area (Å²) in [6.45, 7) is 1.60. The van der Waals surface area contributed by atoms with Crippen LogP contribution in [0, 0.1) is 5.82 Å². The molecule has 2 N–H and O–H groups in total. The van der Waals surface area contributed by atoms with Crippen molar-refractivity contribution in [2.45, 2.75) is 57.0 Å². The highest BCUT2D eigenvalue weighted by Crippen LogP contribution is 2.25. The number of aliphatic carboxylic acids is 1. The Labute approximate surface area is 118 Å². The van der Waals surface area contributed by atoms with Crippen LogP contribution in [0.25, 0.3) is 0 Å². The van der Waals surface area contributed by atoms with Crippen LogP contribution in [0.5, 0.6) is 0 Å². The van der Waals surface area contributed by atoms with Crippen molar-refractivity contribution in [3.8, 4) is 0 Å². The zero-order chi connectivity index (χ0) is 14.6. The number of hydrogen-bond acceptors (Lipinski definition) is 3. The Bertz CT molecular complexity index is 455. The summed E-state index contributed by atoms with van der Waals surface area (Å²) in [4.78, 5) is 15.6. The lowest BCUT2D eigenvalue weighted by Gasteiger charge is -2.30. The van der Waals surface area contributed by atoms with Gasteiger partial charge in [0.25, 0.3) is 0 Å². The molecular formula is C15H21FN2O2. The second kappa shape index (κ2) is 6.31. The number of pyridine rings is 1. The van der Waals surface area contributed by atoms with Crippen molar-refractivity contribution in [2.24, 2.45) is 0 Å². The molecule has 1 aromatic heterocycles. The van der Waals surface area contributed by atoms with E-state index in [1.807, 2.05) is 0 Å². The van der Waals surface area contributed by atoms with Crippen molar-refractivity contribution < 1.29 is 14.3 Å². The van der Waals surface area contributed by atoms with Gasteiger partial charge in [0.05, 0.1) is 11.9 Å². The third kappa shape index (κ3) is 3.33. The molecule has 20 heavy (non-hydrogen) atoms. The maximum absolute atomic E-state index is 13.0. The highest BCUT2D eigenvalue weighted by molar-refractivity contribution is 5.79. The van der Waals surface area contributed by atoms with Gasteiger partial charge in [0.15, 0.2) is 5.54 Å². The molecule has 0 spiro atoms. The minimum absolute atomic E-state index is 0.172. The number of carboxylic acid groups (broad SMARTS) is 1. The second-order valence-corrected chi connectivity index (χ2v) is 5.62. The Balaban J connectivity index is 2.20. The van der Waals surface area contributed by atoms with E-state index in [9.17, 15) is 14.3 Å². The molecule has 1 unspecified atom stereocenters. The monoisotopic (exact) mass is 280 g/mol. The van der Waals surface area contributed by atoms with Crippen molar-refractivity contribution in [3.05, 3.63) is 29.8 Å². The van der Waals surface area contributed by atoms with Crippen LogP contribution in [0.2, 0.25) is 0 Å². The minimum atomic E-state index is -1.28. The van der Waals surface area contributed by atoms with Gasteiger partial charge in [-0.3, -0.25) is 10.3 Å². The first-order chi connectivity index (χ1) is 9.52. The normalized spacial score (nSPS) is 20.1. The van der Waals surface area contributed by atoms with E-state index in [2.05, 4.69) is 10.3 Å². The van der Waals surface area contributed by atoms with Gasteiger partial charge >= 0.3 is 5.97 Å². The Kier molecular flexibility index (Phi) is 4.70. The molecule has 1 heterocycles. The predicted molar refractivity (Wildman–Crippen MR) is 73.8 cm³/mol. The summed E-state index contributed by atoms with van der Waals surface area (Å²) in [6, 6.07) is 2.86. The van der Waals surface area contributed by atoms with E-state index in [-0.39, 0.29) is 6.04 Å². The minimum Gasteiger partial charge on any atom is -0.480 e. The fourth-order valence-corrected chi connectivity index (χ4v) is 2.75. The number of nitrogens with one attached hydrogen (secondary N) is 1. The lowest BCUT2D eigenvalue weighted by molar-refractivity contribution is -0.145. The van der Waals surface area contributed by atoms with E-state index in [0.29, 0.717) is 5.69 Å². The van der Waals surface area contributed by atoms with E-state index in [1.165, 1.54) is 25.0 Å². The molecule has 1 fully saturated rings. The summed E-state index contributed by atoms with van der Waals surface area (Å²) in [6.07, 6.45) is 7.65. The number of rotatable bonds is 4. The van der Waals surface area contributed by atoms with E-state index >= 15 is 0 Å². The molecular weight excluding hydrogens is 259 g/mol. The van der Waals surface area contributed by atoms with Gasteiger partial charge < -0.3 is 5.11 Å². The van der Waals surface area contributed by atoms with Gasteiger partial charge in [-0.05, 0) is 31.9 Å². The fraction of sp³-hybridized carbons (Fsp3) is 0.600. The van der Waals surface area contributed by atoms with Crippen LogP contribution in [-0.4, -0.2) is 22.1 Å². The topological polar surface area (TPSA) is 62.2 Å². The Morgan fingerprint density at radius 3 is 2.50 bits per heavy atom. The molecule has 1 aliphatic carbocycles. The predicted octanol–water partition coefficient (Wildman–Crippen LogP) is 2.83. The number of carbonyl (C=O) groups is 1. The van der Waals surface area contributed by atoms with Gasteiger partial charge in [-0.15, -0.1) is 0 Å². The van der Waals surface area contributed by atoms with Crippen LogP contribution in [0.15, 0.2) is 18.3 Å². The van der Waals surface area contributed by atoms with Gasteiger partial charge in [-0.2, -0.15) is 0 Å². The first kappa shape index (κ1) is 14.9. The van der Waals surface area contributed by atoms with E-state index in [4.69, 9.17) is 0 Å². The molecule has 1 saturated carbocycles. The van der Waals surface area contributed by atoms with Crippen LogP contribution < -0.4 is 5.32 Å².